The minimum absolute atomic E-state index is 0.600. The summed E-state index contributed by atoms with van der Waals surface area (Å²) in [5.41, 5.74) is 1.31. The topological polar surface area (TPSA) is 67.1 Å². The van der Waals surface area contributed by atoms with Gasteiger partial charge in [-0.3, -0.25) is 4.99 Å². The zero-order valence-electron chi connectivity index (χ0n) is 12.8. The number of hydrogen-bond donors (Lipinski definition) is 2. The minimum Gasteiger partial charge on any atom is -0.356 e. The maximum atomic E-state index is 4.21. The normalized spacial score (nSPS) is 11.5. The van der Waals surface area contributed by atoms with E-state index in [4.69, 9.17) is 0 Å². The van der Waals surface area contributed by atoms with Crippen LogP contribution in [0.3, 0.4) is 0 Å². The molecule has 0 fully saturated rings. The maximum Gasteiger partial charge on any atom is 0.191 e. The second-order valence-corrected chi connectivity index (χ2v) is 4.81. The molecule has 0 unspecified atom stereocenters. The zero-order valence-corrected chi connectivity index (χ0v) is 12.8. The fourth-order valence-corrected chi connectivity index (χ4v) is 1.96. The van der Waals surface area contributed by atoms with Crippen molar-refractivity contribution in [2.75, 3.05) is 13.6 Å². The van der Waals surface area contributed by atoms with Crippen molar-refractivity contribution >= 4 is 5.96 Å². The fourth-order valence-electron chi connectivity index (χ4n) is 1.96. The van der Waals surface area contributed by atoms with E-state index in [-0.39, 0.29) is 0 Å². The molecule has 0 bridgehead atoms. The number of aromatic nitrogens is 3. The van der Waals surface area contributed by atoms with E-state index in [1.54, 1.807) is 7.05 Å². The van der Waals surface area contributed by atoms with Crippen LogP contribution in [-0.2, 0) is 20.0 Å². The quantitative estimate of drug-likeness (QED) is 0.636. The summed E-state index contributed by atoms with van der Waals surface area (Å²) < 4.78 is 1.96. The molecule has 2 N–H and O–H groups in total. The smallest absolute Gasteiger partial charge is 0.191 e. The van der Waals surface area contributed by atoms with E-state index >= 15 is 0 Å². The average molecular weight is 286 g/mol. The molecule has 0 amide bonds. The van der Waals surface area contributed by atoms with Gasteiger partial charge in [-0.05, 0) is 18.9 Å². The second-order valence-electron chi connectivity index (χ2n) is 4.81. The molecule has 2 aromatic rings. The van der Waals surface area contributed by atoms with Gasteiger partial charge in [-0.25, -0.2) is 0 Å². The predicted molar refractivity (Wildman–Crippen MR) is 84.1 cm³/mol. The molecular formula is C15H22N6. The number of nitrogens with zero attached hydrogens (tertiary/aromatic N) is 4. The molecule has 0 atom stereocenters. The first kappa shape index (κ1) is 15.0. The molecule has 0 spiro atoms. The largest absolute Gasteiger partial charge is 0.356 e. The van der Waals surface area contributed by atoms with Gasteiger partial charge in [0.2, 0.25) is 0 Å². The summed E-state index contributed by atoms with van der Waals surface area (Å²) in [5, 5.41) is 14.7. The Morgan fingerprint density at radius 1 is 1.19 bits per heavy atom. The lowest BCUT2D eigenvalue weighted by atomic mass is 10.1. The first-order chi connectivity index (χ1) is 10.2. The first-order valence-electron chi connectivity index (χ1n) is 7.04. The molecule has 1 aromatic heterocycles. The van der Waals surface area contributed by atoms with Gasteiger partial charge in [-0.1, -0.05) is 30.3 Å². The summed E-state index contributed by atoms with van der Waals surface area (Å²) in [6.45, 7) is 3.37. The van der Waals surface area contributed by atoms with Gasteiger partial charge in [0, 0.05) is 20.6 Å². The van der Waals surface area contributed by atoms with Crippen molar-refractivity contribution in [3.05, 3.63) is 47.5 Å². The molecule has 0 aliphatic heterocycles. The van der Waals surface area contributed by atoms with Crippen LogP contribution in [0.4, 0.5) is 0 Å². The van der Waals surface area contributed by atoms with Crippen LogP contribution in [0.15, 0.2) is 35.3 Å². The van der Waals surface area contributed by atoms with Crippen LogP contribution in [0.1, 0.15) is 17.2 Å². The minimum atomic E-state index is 0.600. The molecule has 21 heavy (non-hydrogen) atoms. The van der Waals surface area contributed by atoms with E-state index in [2.05, 4.69) is 50.1 Å². The lowest BCUT2D eigenvalue weighted by Crippen LogP contribution is -2.38. The summed E-state index contributed by atoms with van der Waals surface area (Å²) in [5.74, 6) is 2.56. The summed E-state index contributed by atoms with van der Waals surface area (Å²) >= 11 is 0. The number of benzene rings is 1. The molecule has 0 radical (unpaired) electrons. The lowest BCUT2D eigenvalue weighted by molar-refractivity contribution is 0.716. The lowest BCUT2D eigenvalue weighted by Gasteiger charge is -2.11. The van der Waals surface area contributed by atoms with Gasteiger partial charge in [-0.15, -0.1) is 10.2 Å². The number of aliphatic imine (C=N–C) groups is 1. The number of guanidine groups is 1. The Morgan fingerprint density at radius 3 is 2.57 bits per heavy atom. The Hall–Kier alpha value is -2.37. The van der Waals surface area contributed by atoms with Crippen LogP contribution in [0.5, 0.6) is 0 Å². The van der Waals surface area contributed by atoms with Gasteiger partial charge in [-0.2, -0.15) is 0 Å². The van der Waals surface area contributed by atoms with Crippen molar-refractivity contribution < 1.29 is 0 Å². The van der Waals surface area contributed by atoms with E-state index < -0.39 is 0 Å². The van der Waals surface area contributed by atoms with Gasteiger partial charge >= 0.3 is 0 Å². The third kappa shape index (κ3) is 4.30. The SMILES string of the molecule is CN=C(NCCc1ccccc1)NCc1nnc(C)n1C. The highest BCUT2D eigenvalue weighted by Gasteiger charge is 2.05. The molecular weight excluding hydrogens is 264 g/mol. The van der Waals surface area contributed by atoms with E-state index in [0.29, 0.717) is 6.54 Å². The van der Waals surface area contributed by atoms with Crippen molar-refractivity contribution in [1.29, 1.82) is 0 Å². The van der Waals surface area contributed by atoms with Crippen molar-refractivity contribution in [2.24, 2.45) is 12.0 Å². The van der Waals surface area contributed by atoms with Crippen molar-refractivity contribution in [3.63, 3.8) is 0 Å². The Balaban J connectivity index is 1.77. The Kier molecular flexibility index (Phi) is 5.31. The number of aryl methyl sites for hydroxylation is 1. The number of rotatable bonds is 5. The number of nitrogens with one attached hydrogen (secondary N) is 2. The maximum absolute atomic E-state index is 4.21. The highest BCUT2D eigenvalue weighted by atomic mass is 15.3. The summed E-state index contributed by atoms with van der Waals surface area (Å²) in [4.78, 5) is 4.21. The second kappa shape index (κ2) is 7.42. The Bertz CT molecular complexity index is 587. The third-order valence-corrected chi connectivity index (χ3v) is 3.37. The van der Waals surface area contributed by atoms with E-state index in [0.717, 1.165) is 30.6 Å². The van der Waals surface area contributed by atoms with Crippen LogP contribution < -0.4 is 10.6 Å². The Morgan fingerprint density at radius 2 is 1.95 bits per heavy atom. The summed E-state index contributed by atoms with van der Waals surface area (Å²) in [6, 6.07) is 10.4. The summed E-state index contributed by atoms with van der Waals surface area (Å²) in [7, 11) is 3.72. The molecule has 0 aliphatic rings. The van der Waals surface area contributed by atoms with E-state index in [1.165, 1.54) is 5.56 Å². The fraction of sp³-hybridized carbons (Fsp3) is 0.400. The highest BCUT2D eigenvalue weighted by Crippen LogP contribution is 1.98. The third-order valence-electron chi connectivity index (χ3n) is 3.37. The molecule has 1 heterocycles. The van der Waals surface area contributed by atoms with Crippen molar-refractivity contribution in [2.45, 2.75) is 19.9 Å². The Labute approximate surface area is 125 Å². The van der Waals surface area contributed by atoms with Crippen LogP contribution in [-0.4, -0.2) is 34.3 Å². The summed E-state index contributed by atoms with van der Waals surface area (Å²) in [6.07, 6.45) is 0.963. The van der Waals surface area contributed by atoms with Gasteiger partial charge < -0.3 is 15.2 Å². The van der Waals surface area contributed by atoms with Crippen LogP contribution >= 0.6 is 0 Å². The first-order valence-corrected chi connectivity index (χ1v) is 7.04. The molecule has 0 saturated carbocycles. The average Bonchev–Trinajstić information content (AvgIpc) is 2.83. The van der Waals surface area contributed by atoms with Gasteiger partial charge in [0.25, 0.3) is 0 Å². The van der Waals surface area contributed by atoms with Crippen LogP contribution in [0, 0.1) is 6.92 Å². The predicted octanol–water partition coefficient (Wildman–Crippen LogP) is 1.03. The molecule has 6 heteroatoms. The highest BCUT2D eigenvalue weighted by molar-refractivity contribution is 5.79. The van der Waals surface area contributed by atoms with Crippen molar-refractivity contribution in [1.82, 2.24) is 25.4 Å². The number of hydrogen-bond acceptors (Lipinski definition) is 3. The molecule has 0 aliphatic carbocycles. The van der Waals surface area contributed by atoms with Gasteiger partial charge in [0.15, 0.2) is 11.8 Å². The molecule has 0 saturated heterocycles. The van der Waals surface area contributed by atoms with Crippen molar-refractivity contribution in [3.8, 4) is 0 Å². The van der Waals surface area contributed by atoms with E-state index in [9.17, 15) is 0 Å². The molecule has 1 aromatic carbocycles. The standard InChI is InChI=1S/C15H22N6/c1-12-19-20-14(21(12)3)11-18-15(16-2)17-10-9-13-7-5-4-6-8-13/h4-8H,9-11H2,1-3H3,(H2,16,17,18). The van der Waals surface area contributed by atoms with Crippen LogP contribution in [0.25, 0.3) is 0 Å². The zero-order chi connectivity index (χ0) is 15.1. The molecule has 112 valence electrons. The van der Waals surface area contributed by atoms with E-state index in [1.807, 2.05) is 24.6 Å². The monoisotopic (exact) mass is 286 g/mol. The molecule has 2 rings (SSSR count). The van der Waals surface area contributed by atoms with Gasteiger partial charge in [0.05, 0.1) is 6.54 Å². The van der Waals surface area contributed by atoms with Crippen LogP contribution in [0.2, 0.25) is 0 Å². The van der Waals surface area contributed by atoms with Gasteiger partial charge in [0.1, 0.15) is 5.82 Å². The molecule has 6 nitrogen and oxygen atoms in total.